The Hall–Kier alpha value is -1.63. The van der Waals surface area contributed by atoms with Crippen molar-refractivity contribution in [2.24, 2.45) is 0 Å². The molecule has 2 aliphatic rings. The molecule has 0 aromatic heterocycles. The summed E-state index contributed by atoms with van der Waals surface area (Å²) in [6, 6.07) is 7.84. The monoisotopic (exact) mass is 338 g/mol. The summed E-state index contributed by atoms with van der Waals surface area (Å²) in [6.07, 6.45) is 0.941. The van der Waals surface area contributed by atoms with Gasteiger partial charge in [-0.2, -0.15) is 0 Å². The molecule has 126 valence electrons. The molecule has 3 N–H and O–H groups in total. The molecule has 1 atom stereocenters. The first-order valence-corrected chi connectivity index (χ1v) is 7.83. The van der Waals surface area contributed by atoms with E-state index in [0.717, 1.165) is 38.4 Å². The summed E-state index contributed by atoms with van der Waals surface area (Å²) in [4.78, 5) is 25.4. The number of nitrogens with zero attached hydrogens (tertiary/aromatic N) is 1. The lowest BCUT2D eigenvalue weighted by Crippen LogP contribution is -2.47. The van der Waals surface area contributed by atoms with Crippen LogP contribution in [0.5, 0.6) is 0 Å². The summed E-state index contributed by atoms with van der Waals surface area (Å²) in [5.74, 6) is -0.417. The largest absolute Gasteiger partial charge is 0.374 e. The van der Waals surface area contributed by atoms with Gasteiger partial charge < -0.3 is 10.6 Å². The Morgan fingerprint density at radius 1 is 1.22 bits per heavy atom. The highest BCUT2D eigenvalue weighted by Crippen LogP contribution is 2.17. The average molecular weight is 339 g/mol. The predicted octanol–water partition coefficient (Wildman–Crippen LogP) is 0.731. The van der Waals surface area contributed by atoms with E-state index in [1.807, 2.05) is 12.1 Å². The van der Waals surface area contributed by atoms with Crippen LogP contribution in [0.15, 0.2) is 24.3 Å². The lowest BCUT2D eigenvalue weighted by atomic mass is 10.1. The third-order valence-corrected chi connectivity index (χ3v) is 4.12. The van der Waals surface area contributed by atoms with E-state index in [1.54, 1.807) is 0 Å². The normalized spacial score (nSPS) is 22.2. The Labute approximate surface area is 142 Å². The van der Waals surface area contributed by atoms with Crippen molar-refractivity contribution < 1.29 is 9.59 Å². The number of benzene rings is 1. The smallest absolute Gasteiger partial charge is 0.249 e. The Kier molecular flexibility index (Phi) is 6.38. The maximum Gasteiger partial charge on any atom is 0.249 e. The molecule has 23 heavy (non-hydrogen) atoms. The second kappa shape index (κ2) is 8.29. The second-order valence-corrected chi connectivity index (χ2v) is 5.87. The van der Waals surface area contributed by atoms with E-state index in [4.69, 9.17) is 0 Å². The van der Waals surface area contributed by atoms with Gasteiger partial charge in [-0.05, 0) is 24.1 Å². The number of anilines is 1. The first kappa shape index (κ1) is 17.7. The van der Waals surface area contributed by atoms with Crippen LogP contribution in [0.2, 0.25) is 0 Å². The standard InChI is InChI=1S/C16H22N4O2.ClH/c21-15-5-4-14(16(22)19-15)18-13-3-1-2-12(10-13)11-20-8-6-17-7-9-20;/h1-3,10,14,17-18H,4-9,11H2,(H,19,21,22);1H. The topological polar surface area (TPSA) is 73.5 Å². The van der Waals surface area contributed by atoms with E-state index in [0.29, 0.717) is 12.8 Å². The molecule has 0 bridgehead atoms. The first-order valence-electron chi connectivity index (χ1n) is 7.83. The maximum absolute atomic E-state index is 11.8. The van der Waals surface area contributed by atoms with Gasteiger partial charge in [0.25, 0.3) is 0 Å². The number of imide groups is 1. The van der Waals surface area contributed by atoms with Crippen molar-refractivity contribution >= 4 is 29.9 Å². The molecule has 2 fully saturated rings. The van der Waals surface area contributed by atoms with Crippen molar-refractivity contribution in [2.75, 3.05) is 31.5 Å². The predicted molar refractivity (Wildman–Crippen MR) is 91.6 cm³/mol. The van der Waals surface area contributed by atoms with Gasteiger partial charge in [0.2, 0.25) is 11.8 Å². The quantitative estimate of drug-likeness (QED) is 0.706. The molecule has 0 radical (unpaired) electrons. The lowest BCUT2D eigenvalue weighted by Gasteiger charge is -2.27. The summed E-state index contributed by atoms with van der Waals surface area (Å²) in [6.45, 7) is 5.12. The average Bonchev–Trinajstić information content (AvgIpc) is 2.52. The van der Waals surface area contributed by atoms with Crippen LogP contribution in [0.3, 0.4) is 0 Å². The van der Waals surface area contributed by atoms with Crippen molar-refractivity contribution in [3.05, 3.63) is 29.8 Å². The summed E-state index contributed by atoms with van der Waals surface area (Å²) in [5, 5.41) is 8.96. The number of amides is 2. The van der Waals surface area contributed by atoms with Crippen molar-refractivity contribution in [1.29, 1.82) is 0 Å². The number of rotatable bonds is 4. The van der Waals surface area contributed by atoms with E-state index in [2.05, 4.69) is 33.0 Å². The molecule has 2 saturated heterocycles. The molecule has 0 spiro atoms. The Bertz CT molecular complexity index is 561. The molecular formula is C16H23ClN4O2. The molecule has 1 aromatic carbocycles. The van der Waals surface area contributed by atoms with Crippen LogP contribution in [0.1, 0.15) is 18.4 Å². The van der Waals surface area contributed by atoms with Crippen LogP contribution < -0.4 is 16.0 Å². The van der Waals surface area contributed by atoms with Crippen molar-refractivity contribution in [2.45, 2.75) is 25.4 Å². The number of hydrogen-bond acceptors (Lipinski definition) is 5. The van der Waals surface area contributed by atoms with Gasteiger partial charge >= 0.3 is 0 Å². The number of piperazine rings is 1. The van der Waals surface area contributed by atoms with E-state index in [9.17, 15) is 9.59 Å². The Balaban J connectivity index is 0.00000192. The van der Waals surface area contributed by atoms with Crippen LogP contribution in [0, 0.1) is 0 Å². The van der Waals surface area contributed by atoms with Crippen LogP contribution in [0.4, 0.5) is 5.69 Å². The highest BCUT2D eigenvalue weighted by molar-refractivity contribution is 6.01. The summed E-state index contributed by atoms with van der Waals surface area (Å²) in [7, 11) is 0. The number of carbonyl (C=O) groups excluding carboxylic acids is 2. The summed E-state index contributed by atoms with van der Waals surface area (Å²) in [5.41, 5.74) is 2.17. The van der Waals surface area contributed by atoms with Crippen LogP contribution in [-0.4, -0.2) is 48.9 Å². The third kappa shape index (κ3) is 4.92. The molecule has 0 saturated carbocycles. The number of hydrogen-bond donors (Lipinski definition) is 3. The van der Waals surface area contributed by atoms with Crippen LogP contribution >= 0.6 is 12.4 Å². The van der Waals surface area contributed by atoms with Gasteiger partial charge in [0.15, 0.2) is 0 Å². The number of piperidine rings is 1. The van der Waals surface area contributed by atoms with Gasteiger partial charge in [-0.15, -0.1) is 12.4 Å². The third-order valence-electron chi connectivity index (χ3n) is 4.12. The molecule has 2 amide bonds. The van der Waals surface area contributed by atoms with Gasteiger partial charge in [-0.25, -0.2) is 0 Å². The highest BCUT2D eigenvalue weighted by Gasteiger charge is 2.26. The molecule has 6 nitrogen and oxygen atoms in total. The highest BCUT2D eigenvalue weighted by atomic mass is 35.5. The first-order chi connectivity index (χ1) is 10.7. The van der Waals surface area contributed by atoms with E-state index in [-0.39, 0.29) is 30.3 Å². The fourth-order valence-corrected chi connectivity index (χ4v) is 2.92. The van der Waals surface area contributed by atoms with Crippen molar-refractivity contribution in [1.82, 2.24) is 15.5 Å². The number of halogens is 1. The van der Waals surface area contributed by atoms with Gasteiger partial charge in [-0.3, -0.25) is 19.8 Å². The van der Waals surface area contributed by atoms with Crippen molar-refractivity contribution in [3.63, 3.8) is 0 Å². The lowest BCUT2D eigenvalue weighted by molar-refractivity contribution is -0.133. The van der Waals surface area contributed by atoms with Gasteiger partial charge in [-0.1, -0.05) is 12.1 Å². The molecule has 1 aromatic rings. The molecule has 0 aliphatic carbocycles. The minimum atomic E-state index is -0.327. The molecule has 3 rings (SSSR count). The Morgan fingerprint density at radius 3 is 2.74 bits per heavy atom. The fraction of sp³-hybridized carbons (Fsp3) is 0.500. The molecule has 2 heterocycles. The van der Waals surface area contributed by atoms with E-state index >= 15 is 0 Å². The molecular weight excluding hydrogens is 316 g/mol. The fourth-order valence-electron chi connectivity index (χ4n) is 2.92. The van der Waals surface area contributed by atoms with Crippen LogP contribution in [-0.2, 0) is 16.1 Å². The van der Waals surface area contributed by atoms with Crippen molar-refractivity contribution in [3.8, 4) is 0 Å². The number of nitrogens with one attached hydrogen (secondary N) is 3. The number of carbonyl (C=O) groups is 2. The Morgan fingerprint density at radius 2 is 2.00 bits per heavy atom. The molecule has 1 unspecified atom stereocenters. The maximum atomic E-state index is 11.8. The van der Waals surface area contributed by atoms with Gasteiger partial charge in [0.1, 0.15) is 6.04 Å². The minimum absolute atomic E-state index is 0. The second-order valence-electron chi connectivity index (χ2n) is 5.87. The SMILES string of the molecule is Cl.O=C1CCC(Nc2cccc(CN3CCNCC3)c2)C(=O)N1. The zero-order valence-electron chi connectivity index (χ0n) is 13.0. The summed E-state index contributed by atoms with van der Waals surface area (Å²) < 4.78 is 0. The zero-order chi connectivity index (χ0) is 15.4. The van der Waals surface area contributed by atoms with Gasteiger partial charge in [0.05, 0.1) is 0 Å². The zero-order valence-corrected chi connectivity index (χ0v) is 13.8. The van der Waals surface area contributed by atoms with Gasteiger partial charge in [0, 0.05) is 44.8 Å². The minimum Gasteiger partial charge on any atom is -0.374 e. The van der Waals surface area contributed by atoms with E-state index in [1.165, 1.54) is 5.56 Å². The van der Waals surface area contributed by atoms with E-state index < -0.39 is 0 Å². The molecule has 7 heteroatoms. The van der Waals surface area contributed by atoms with Crippen LogP contribution in [0.25, 0.3) is 0 Å². The summed E-state index contributed by atoms with van der Waals surface area (Å²) >= 11 is 0. The molecule has 2 aliphatic heterocycles.